The molecule has 1 heterocycles. The van der Waals surface area contributed by atoms with Crippen LogP contribution in [0.2, 0.25) is 0 Å². The Morgan fingerprint density at radius 2 is 2.09 bits per heavy atom. The van der Waals surface area contributed by atoms with E-state index in [0.717, 1.165) is 40.9 Å². The van der Waals surface area contributed by atoms with Crippen molar-refractivity contribution in [2.75, 3.05) is 0 Å². The summed E-state index contributed by atoms with van der Waals surface area (Å²) in [7, 11) is 0. The molecule has 6 heteroatoms. The third-order valence-corrected chi connectivity index (χ3v) is 5.17. The summed E-state index contributed by atoms with van der Waals surface area (Å²) in [5.74, 6) is -0.369. The van der Waals surface area contributed by atoms with Gasteiger partial charge in [-0.25, -0.2) is 9.78 Å². The van der Waals surface area contributed by atoms with Gasteiger partial charge in [0.1, 0.15) is 17.7 Å². The van der Waals surface area contributed by atoms with Crippen LogP contribution in [0.15, 0.2) is 24.3 Å². The molecule has 1 aliphatic carbocycles. The highest BCUT2D eigenvalue weighted by Gasteiger charge is 2.32. The van der Waals surface area contributed by atoms with Gasteiger partial charge >= 0.3 is 5.97 Å². The molecule has 1 unspecified atom stereocenters. The lowest BCUT2D eigenvalue weighted by Crippen LogP contribution is -2.45. The van der Waals surface area contributed by atoms with Gasteiger partial charge in [-0.05, 0) is 30.9 Å². The Kier molecular flexibility index (Phi) is 4.91. The van der Waals surface area contributed by atoms with E-state index < -0.39 is 6.04 Å². The molecule has 1 N–H and O–H groups in total. The first-order valence-corrected chi connectivity index (χ1v) is 8.73. The van der Waals surface area contributed by atoms with Gasteiger partial charge in [0, 0.05) is 6.92 Å². The SMILES string of the molecule is CC(=O)NC(C(=O)OCc1nc2ccccc2s1)C1CCCC1. The summed E-state index contributed by atoms with van der Waals surface area (Å²) in [5.41, 5.74) is 0.915. The Morgan fingerprint density at radius 1 is 1.35 bits per heavy atom. The number of benzene rings is 1. The fraction of sp³-hybridized carbons (Fsp3) is 0.471. The normalized spacial score (nSPS) is 16.4. The van der Waals surface area contributed by atoms with E-state index in [9.17, 15) is 9.59 Å². The van der Waals surface area contributed by atoms with E-state index in [2.05, 4.69) is 10.3 Å². The maximum absolute atomic E-state index is 12.4. The van der Waals surface area contributed by atoms with Crippen molar-refractivity contribution in [3.63, 3.8) is 0 Å². The maximum Gasteiger partial charge on any atom is 0.329 e. The van der Waals surface area contributed by atoms with Crippen LogP contribution in [0, 0.1) is 5.92 Å². The summed E-state index contributed by atoms with van der Waals surface area (Å²) in [6.45, 7) is 1.59. The van der Waals surface area contributed by atoms with Gasteiger partial charge in [0.2, 0.25) is 5.91 Å². The molecule has 0 saturated heterocycles. The van der Waals surface area contributed by atoms with Gasteiger partial charge in [-0.15, -0.1) is 11.3 Å². The van der Waals surface area contributed by atoms with Crippen molar-refractivity contribution < 1.29 is 14.3 Å². The number of hydrogen-bond acceptors (Lipinski definition) is 5. The number of fused-ring (bicyclic) bond motifs is 1. The van der Waals surface area contributed by atoms with Gasteiger partial charge in [0.05, 0.1) is 10.2 Å². The number of rotatable bonds is 5. The van der Waals surface area contributed by atoms with Crippen LogP contribution in [0.25, 0.3) is 10.2 Å². The number of ether oxygens (including phenoxy) is 1. The van der Waals surface area contributed by atoms with Gasteiger partial charge in [0.15, 0.2) is 0 Å². The fourth-order valence-electron chi connectivity index (χ4n) is 3.08. The lowest BCUT2D eigenvalue weighted by Gasteiger charge is -2.22. The molecule has 1 aromatic heterocycles. The van der Waals surface area contributed by atoms with Crippen LogP contribution in [0.4, 0.5) is 0 Å². The predicted molar refractivity (Wildman–Crippen MR) is 89.0 cm³/mol. The van der Waals surface area contributed by atoms with Crippen LogP contribution >= 0.6 is 11.3 Å². The first-order valence-electron chi connectivity index (χ1n) is 7.91. The van der Waals surface area contributed by atoms with Gasteiger partial charge < -0.3 is 10.1 Å². The number of carbonyl (C=O) groups excluding carboxylic acids is 2. The smallest absolute Gasteiger partial charge is 0.329 e. The molecule has 0 spiro atoms. The third kappa shape index (κ3) is 3.88. The van der Waals surface area contributed by atoms with Crippen LogP contribution in [0.5, 0.6) is 0 Å². The maximum atomic E-state index is 12.4. The number of aromatic nitrogens is 1. The first-order chi connectivity index (χ1) is 11.1. The molecular formula is C17H20N2O3S. The molecule has 1 saturated carbocycles. The predicted octanol–water partition coefficient (Wildman–Crippen LogP) is 3.03. The number of amides is 1. The van der Waals surface area contributed by atoms with E-state index in [1.54, 1.807) is 0 Å². The largest absolute Gasteiger partial charge is 0.457 e. The standard InChI is InChI=1S/C17H20N2O3S/c1-11(20)18-16(12-6-2-3-7-12)17(21)22-10-15-19-13-8-4-5-9-14(13)23-15/h4-5,8-9,12,16H,2-3,6-7,10H2,1H3,(H,18,20). The number of thiazole rings is 1. The number of nitrogens with one attached hydrogen (secondary N) is 1. The summed E-state index contributed by atoms with van der Waals surface area (Å²) in [4.78, 5) is 28.2. The van der Waals surface area contributed by atoms with E-state index >= 15 is 0 Å². The second-order valence-electron chi connectivity index (χ2n) is 5.91. The van der Waals surface area contributed by atoms with E-state index in [-0.39, 0.29) is 24.4 Å². The molecule has 0 aliphatic heterocycles. The summed E-state index contributed by atoms with van der Waals surface area (Å²) in [6.07, 6.45) is 4.13. The average molecular weight is 332 g/mol. The van der Waals surface area contributed by atoms with Gasteiger partial charge in [-0.1, -0.05) is 25.0 Å². The Morgan fingerprint density at radius 3 is 2.78 bits per heavy atom. The van der Waals surface area contributed by atoms with Gasteiger partial charge in [-0.3, -0.25) is 4.79 Å². The number of para-hydroxylation sites is 1. The molecular weight excluding hydrogens is 312 g/mol. The molecule has 1 aromatic carbocycles. The zero-order chi connectivity index (χ0) is 16.2. The molecule has 1 atom stereocenters. The minimum Gasteiger partial charge on any atom is -0.457 e. The van der Waals surface area contributed by atoms with Crippen molar-refractivity contribution >= 4 is 33.4 Å². The lowest BCUT2D eigenvalue weighted by atomic mass is 9.98. The van der Waals surface area contributed by atoms with E-state index in [0.29, 0.717) is 0 Å². The van der Waals surface area contributed by atoms with Gasteiger partial charge in [-0.2, -0.15) is 0 Å². The molecule has 1 aliphatic rings. The molecule has 3 rings (SSSR count). The zero-order valence-electron chi connectivity index (χ0n) is 13.1. The van der Waals surface area contributed by atoms with Crippen molar-refractivity contribution in [3.05, 3.63) is 29.3 Å². The van der Waals surface area contributed by atoms with E-state index in [1.807, 2.05) is 24.3 Å². The van der Waals surface area contributed by atoms with Gasteiger partial charge in [0.25, 0.3) is 0 Å². The highest BCUT2D eigenvalue weighted by Crippen LogP contribution is 2.29. The first kappa shape index (κ1) is 15.9. The molecule has 0 radical (unpaired) electrons. The van der Waals surface area contributed by atoms with E-state index in [4.69, 9.17) is 4.74 Å². The average Bonchev–Trinajstić information content (AvgIpc) is 3.18. The highest BCUT2D eigenvalue weighted by molar-refractivity contribution is 7.18. The summed E-state index contributed by atoms with van der Waals surface area (Å²) in [5, 5.41) is 3.52. The van der Waals surface area contributed by atoms with Crippen LogP contribution in [0.1, 0.15) is 37.6 Å². The van der Waals surface area contributed by atoms with Crippen molar-refractivity contribution in [2.45, 2.75) is 45.3 Å². The Hall–Kier alpha value is -1.95. The van der Waals surface area contributed by atoms with Crippen molar-refractivity contribution in [3.8, 4) is 0 Å². The fourth-order valence-corrected chi connectivity index (χ4v) is 3.96. The Balaban J connectivity index is 1.64. The summed E-state index contributed by atoms with van der Waals surface area (Å²) < 4.78 is 6.50. The molecule has 1 amide bonds. The lowest BCUT2D eigenvalue weighted by molar-refractivity contribution is -0.150. The van der Waals surface area contributed by atoms with E-state index in [1.165, 1.54) is 18.3 Å². The molecule has 0 bridgehead atoms. The van der Waals surface area contributed by atoms with Crippen molar-refractivity contribution in [2.24, 2.45) is 5.92 Å². The Labute approximate surface area is 139 Å². The van der Waals surface area contributed by atoms with Crippen molar-refractivity contribution in [1.29, 1.82) is 0 Å². The second kappa shape index (κ2) is 7.08. The highest BCUT2D eigenvalue weighted by atomic mass is 32.1. The Bertz CT molecular complexity index is 674. The van der Waals surface area contributed by atoms with Crippen LogP contribution in [-0.2, 0) is 20.9 Å². The molecule has 5 nitrogen and oxygen atoms in total. The molecule has 23 heavy (non-hydrogen) atoms. The topological polar surface area (TPSA) is 68.3 Å². The third-order valence-electron chi connectivity index (χ3n) is 4.16. The second-order valence-corrected chi connectivity index (χ2v) is 7.02. The van der Waals surface area contributed by atoms with Crippen molar-refractivity contribution in [1.82, 2.24) is 10.3 Å². The quantitative estimate of drug-likeness (QED) is 0.855. The molecule has 2 aromatic rings. The van der Waals surface area contributed by atoms with Crippen LogP contribution in [0.3, 0.4) is 0 Å². The van der Waals surface area contributed by atoms with Crippen LogP contribution in [-0.4, -0.2) is 22.9 Å². The number of hydrogen-bond donors (Lipinski definition) is 1. The monoisotopic (exact) mass is 332 g/mol. The summed E-state index contributed by atoms with van der Waals surface area (Å²) in [6, 6.07) is 7.30. The number of carbonyl (C=O) groups is 2. The summed E-state index contributed by atoms with van der Waals surface area (Å²) >= 11 is 1.52. The number of nitrogens with zero attached hydrogens (tertiary/aromatic N) is 1. The zero-order valence-corrected chi connectivity index (χ0v) is 13.9. The number of esters is 1. The molecule has 122 valence electrons. The minimum absolute atomic E-state index is 0.154. The molecule has 1 fully saturated rings. The van der Waals surface area contributed by atoms with Crippen LogP contribution < -0.4 is 5.32 Å². The minimum atomic E-state index is -0.538.